The molecular weight excluding hydrogens is 349 g/mol. The van der Waals surface area contributed by atoms with Gasteiger partial charge < -0.3 is 5.32 Å². The number of pyridine rings is 1. The van der Waals surface area contributed by atoms with Crippen molar-refractivity contribution in [2.75, 3.05) is 6.54 Å². The minimum absolute atomic E-state index is 0.386. The van der Waals surface area contributed by atoms with Gasteiger partial charge in [-0.1, -0.05) is 6.92 Å². The van der Waals surface area contributed by atoms with E-state index in [0.717, 1.165) is 33.7 Å². The van der Waals surface area contributed by atoms with E-state index in [-0.39, 0.29) is 0 Å². The summed E-state index contributed by atoms with van der Waals surface area (Å²) in [6.07, 6.45) is -0.687. The second-order valence-electron chi connectivity index (χ2n) is 4.46. The monoisotopic (exact) mass is 362 g/mol. The third-order valence-electron chi connectivity index (χ3n) is 2.75. The minimum atomic E-state index is -4.46. The van der Waals surface area contributed by atoms with Gasteiger partial charge in [-0.15, -0.1) is 0 Å². The van der Waals surface area contributed by atoms with Crippen molar-refractivity contribution in [2.45, 2.75) is 26.1 Å². The van der Waals surface area contributed by atoms with Crippen LogP contribution in [-0.2, 0) is 12.7 Å². The lowest BCUT2D eigenvalue weighted by molar-refractivity contribution is -0.141. The highest BCUT2D eigenvalue weighted by molar-refractivity contribution is 9.10. The molecular formula is C13H14BrF3N4. The van der Waals surface area contributed by atoms with Crippen molar-refractivity contribution in [3.8, 4) is 5.82 Å². The summed E-state index contributed by atoms with van der Waals surface area (Å²) in [4.78, 5) is 4.17. The van der Waals surface area contributed by atoms with Crippen LogP contribution in [0.15, 0.2) is 29.0 Å². The minimum Gasteiger partial charge on any atom is -0.313 e. The molecule has 0 aliphatic rings. The van der Waals surface area contributed by atoms with Crippen molar-refractivity contribution in [3.63, 3.8) is 0 Å². The molecule has 2 heterocycles. The highest BCUT2D eigenvalue weighted by atomic mass is 79.9. The van der Waals surface area contributed by atoms with Gasteiger partial charge in [0.25, 0.3) is 0 Å². The van der Waals surface area contributed by atoms with Gasteiger partial charge in [-0.2, -0.15) is 18.3 Å². The average molecular weight is 363 g/mol. The molecule has 0 aromatic carbocycles. The molecule has 2 aromatic heterocycles. The molecule has 0 amide bonds. The number of alkyl halides is 3. The number of hydrogen-bond donors (Lipinski definition) is 1. The first-order valence-electron chi connectivity index (χ1n) is 6.40. The summed E-state index contributed by atoms with van der Waals surface area (Å²) in [5.41, 5.74) is -0.158. The highest BCUT2D eigenvalue weighted by Crippen LogP contribution is 2.28. The van der Waals surface area contributed by atoms with Crippen LogP contribution >= 0.6 is 15.9 Å². The van der Waals surface area contributed by atoms with E-state index in [0.29, 0.717) is 12.4 Å². The molecule has 0 unspecified atom stereocenters. The Kier molecular flexibility index (Phi) is 5.00. The van der Waals surface area contributed by atoms with Crippen LogP contribution in [0.5, 0.6) is 0 Å². The van der Waals surface area contributed by atoms with E-state index in [9.17, 15) is 13.2 Å². The smallest absolute Gasteiger partial charge is 0.313 e. The molecule has 0 bridgehead atoms. The van der Waals surface area contributed by atoms with Crippen molar-refractivity contribution >= 4 is 15.9 Å². The molecule has 0 spiro atoms. The number of nitrogens with zero attached hydrogens (tertiary/aromatic N) is 3. The second kappa shape index (κ2) is 6.57. The van der Waals surface area contributed by atoms with Crippen molar-refractivity contribution < 1.29 is 13.2 Å². The molecule has 0 atom stereocenters. The van der Waals surface area contributed by atoms with Crippen LogP contribution < -0.4 is 5.32 Å². The third kappa shape index (κ3) is 4.04. The van der Waals surface area contributed by atoms with Gasteiger partial charge in [-0.3, -0.25) is 0 Å². The largest absolute Gasteiger partial charge is 0.435 e. The lowest BCUT2D eigenvalue weighted by Crippen LogP contribution is -2.17. The summed E-state index contributed by atoms with van der Waals surface area (Å²) >= 11 is 3.31. The van der Waals surface area contributed by atoms with Crippen LogP contribution in [0.2, 0.25) is 0 Å². The van der Waals surface area contributed by atoms with Gasteiger partial charge in [0.2, 0.25) is 0 Å². The van der Waals surface area contributed by atoms with Gasteiger partial charge in [-0.25, -0.2) is 9.67 Å². The van der Waals surface area contributed by atoms with Crippen LogP contribution in [0, 0.1) is 0 Å². The van der Waals surface area contributed by atoms with Gasteiger partial charge in [0, 0.05) is 29.0 Å². The second-order valence-corrected chi connectivity index (χ2v) is 5.37. The number of hydrogen-bond acceptors (Lipinski definition) is 3. The molecule has 0 saturated carbocycles. The average Bonchev–Trinajstić information content (AvgIpc) is 2.88. The molecule has 21 heavy (non-hydrogen) atoms. The number of nitrogens with one attached hydrogen (secondary N) is 1. The zero-order valence-electron chi connectivity index (χ0n) is 11.3. The van der Waals surface area contributed by atoms with E-state index in [1.165, 1.54) is 12.4 Å². The molecule has 0 fully saturated rings. The molecule has 2 aromatic rings. The third-order valence-corrected chi connectivity index (χ3v) is 3.18. The van der Waals surface area contributed by atoms with Crippen molar-refractivity contribution in [3.05, 3.63) is 40.3 Å². The van der Waals surface area contributed by atoms with Gasteiger partial charge in [-0.05, 0) is 41.0 Å². The first-order valence-corrected chi connectivity index (χ1v) is 7.19. The fourth-order valence-electron chi connectivity index (χ4n) is 1.80. The normalized spacial score (nSPS) is 11.9. The summed E-state index contributed by atoms with van der Waals surface area (Å²) in [5, 5.41) is 6.76. The van der Waals surface area contributed by atoms with Crippen molar-refractivity contribution in [2.24, 2.45) is 0 Å². The zero-order valence-corrected chi connectivity index (χ0v) is 12.9. The SMILES string of the molecule is CCCNCc1cc(Br)cnc1-n1ccc(C(F)(F)F)n1. The van der Waals surface area contributed by atoms with E-state index < -0.39 is 11.9 Å². The Labute approximate surface area is 128 Å². The number of aromatic nitrogens is 3. The summed E-state index contributed by atoms with van der Waals surface area (Å²) in [7, 11) is 0. The topological polar surface area (TPSA) is 42.7 Å². The van der Waals surface area contributed by atoms with E-state index >= 15 is 0 Å². The molecule has 0 saturated heterocycles. The van der Waals surface area contributed by atoms with Gasteiger partial charge in [0.05, 0.1) is 0 Å². The molecule has 0 radical (unpaired) electrons. The van der Waals surface area contributed by atoms with Crippen molar-refractivity contribution in [1.82, 2.24) is 20.1 Å². The van der Waals surface area contributed by atoms with Gasteiger partial charge >= 0.3 is 6.18 Å². The standard InChI is InChI=1S/C13H14BrF3N4/c1-2-4-18-7-9-6-10(14)8-19-12(9)21-5-3-11(20-21)13(15,16)17/h3,5-6,8,18H,2,4,7H2,1H3. The lowest BCUT2D eigenvalue weighted by Gasteiger charge is -2.10. The Morgan fingerprint density at radius 2 is 2.14 bits per heavy atom. The van der Waals surface area contributed by atoms with Crippen LogP contribution in [0.1, 0.15) is 24.6 Å². The number of halogens is 4. The quantitative estimate of drug-likeness (QED) is 0.827. The lowest BCUT2D eigenvalue weighted by atomic mass is 10.2. The fraction of sp³-hybridized carbons (Fsp3) is 0.385. The Morgan fingerprint density at radius 3 is 2.76 bits per heavy atom. The van der Waals surface area contributed by atoms with Gasteiger partial charge in [0.15, 0.2) is 11.5 Å². The van der Waals surface area contributed by atoms with Crippen LogP contribution in [0.25, 0.3) is 5.82 Å². The Morgan fingerprint density at radius 1 is 1.38 bits per heavy atom. The van der Waals surface area contributed by atoms with Crippen LogP contribution in [0.3, 0.4) is 0 Å². The van der Waals surface area contributed by atoms with Gasteiger partial charge in [0.1, 0.15) is 0 Å². The van der Waals surface area contributed by atoms with E-state index in [4.69, 9.17) is 0 Å². The molecule has 4 nitrogen and oxygen atoms in total. The summed E-state index contributed by atoms with van der Waals surface area (Å²) in [6, 6.07) is 2.76. The Bertz CT molecular complexity index is 610. The summed E-state index contributed by atoms with van der Waals surface area (Å²) in [6.45, 7) is 3.37. The summed E-state index contributed by atoms with van der Waals surface area (Å²) < 4.78 is 39.8. The molecule has 0 aliphatic heterocycles. The fourth-order valence-corrected chi connectivity index (χ4v) is 2.18. The van der Waals surface area contributed by atoms with E-state index in [1.54, 1.807) is 0 Å². The predicted octanol–water partition coefficient (Wildman–Crippen LogP) is 3.55. The maximum atomic E-state index is 12.6. The first-order chi connectivity index (χ1) is 9.91. The zero-order chi connectivity index (χ0) is 15.5. The maximum Gasteiger partial charge on any atom is 0.435 e. The Hall–Kier alpha value is -1.41. The number of rotatable bonds is 5. The molecule has 114 valence electrons. The van der Waals surface area contributed by atoms with Crippen LogP contribution in [0.4, 0.5) is 13.2 Å². The first kappa shape index (κ1) is 16.0. The van der Waals surface area contributed by atoms with E-state index in [2.05, 4.69) is 31.3 Å². The predicted molar refractivity (Wildman–Crippen MR) is 76.1 cm³/mol. The molecule has 1 N–H and O–H groups in total. The molecule has 0 aliphatic carbocycles. The highest BCUT2D eigenvalue weighted by Gasteiger charge is 2.33. The summed E-state index contributed by atoms with van der Waals surface area (Å²) in [5.74, 6) is 0.386. The van der Waals surface area contributed by atoms with Crippen molar-refractivity contribution in [1.29, 1.82) is 0 Å². The Balaban J connectivity index is 2.32. The molecule has 8 heteroatoms. The van der Waals surface area contributed by atoms with Crippen LogP contribution in [-0.4, -0.2) is 21.3 Å². The van der Waals surface area contributed by atoms with E-state index in [1.807, 2.05) is 13.0 Å². The maximum absolute atomic E-state index is 12.6. The molecule has 2 rings (SSSR count).